The number of hydrogen-bond acceptors (Lipinski definition) is 5. The average Bonchev–Trinajstić information content (AvgIpc) is 2.65. The number of nitrogens with two attached hydrogens (primary N) is 1. The van der Waals surface area contributed by atoms with Crippen LogP contribution in [0.5, 0.6) is 0 Å². The number of carbonyl (C=O) groups excluding carboxylic acids is 1. The molecule has 0 aliphatic rings. The van der Waals surface area contributed by atoms with E-state index in [2.05, 4.69) is 10.3 Å². The SMILES string of the molecule is N#Cc1ccc(C(=O)Nc2cccc([C@H](CF)CCOC(=N)N)c2)nc1. The van der Waals surface area contributed by atoms with Gasteiger partial charge in [-0.2, -0.15) is 5.26 Å². The Morgan fingerprint density at radius 2 is 2.23 bits per heavy atom. The number of aromatic nitrogens is 1. The van der Waals surface area contributed by atoms with Crippen LogP contribution in [0.4, 0.5) is 10.1 Å². The second-order valence-electron chi connectivity index (χ2n) is 5.48. The second kappa shape index (κ2) is 9.13. The van der Waals surface area contributed by atoms with Crippen molar-refractivity contribution in [1.29, 1.82) is 10.7 Å². The number of nitrogens with zero attached hydrogens (tertiary/aromatic N) is 2. The number of carbonyl (C=O) groups is 1. The lowest BCUT2D eigenvalue weighted by molar-refractivity contribution is 0.102. The zero-order valence-corrected chi connectivity index (χ0v) is 13.9. The minimum Gasteiger partial charge on any atom is -0.466 e. The summed E-state index contributed by atoms with van der Waals surface area (Å²) in [7, 11) is 0. The van der Waals surface area contributed by atoms with E-state index in [0.29, 0.717) is 23.2 Å². The Balaban J connectivity index is 2.06. The molecule has 4 N–H and O–H groups in total. The van der Waals surface area contributed by atoms with Crippen molar-refractivity contribution in [2.45, 2.75) is 12.3 Å². The quantitative estimate of drug-likeness (QED) is 0.520. The van der Waals surface area contributed by atoms with Crippen LogP contribution in [0, 0.1) is 16.7 Å². The number of alkyl halides is 1. The van der Waals surface area contributed by atoms with Gasteiger partial charge in [-0.1, -0.05) is 12.1 Å². The van der Waals surface area contributed by atoms with Gasteiger partial charge in [0, 0.05) is 17.8 Å². The number of amidine groups is 1. The Morgan fingerprint density at radius 1 is 1.42 bits per heavy atom. The number of nitriles is 1. The molecule has 0 saturated heterocycles. The number of nitrogens with one attached hydrogen (secondary N) is 2. The van der Waals surface area contributed by atoms with E-state index in [4.69, 9.17) is 21.1 Å². The topological polar surface area (TPSA) is 125 Å². The van der Waals surface area contributed by atoms with Crippen LogP contribution >= 0.6 is 0 Å². The third kappa shape index (κ3) is 5.27. The van der Waals surface area contributed by atoms with Gasteiger partial charge >= 0.3 is 0 Å². The van der Waals surface area contributed by atoms with Crippen LogP contribution < -0.4 is 11.1 Å². The van der Waals surface area contributed by atoms with E-state index in [9.17, 15) is 9.18 Å². The average molecular weight is 355 g/mol. The van der Waals surface area contributed by atoms with Gasteiger partial charge in [-0.15, -0.1) is 0 Å². The molecular formula is C18H18FN5O2. The van der Waals surface area contributed by atoms with Crippen LogP contribution in [0.3, 0.4) is 0 Å². The van der Waals surface area contributed by atoms with E-state index >= 15 is 0 Å². The summed E-state index contributed by atoms with van der Waals surface area (Å²) in [6.07, 6.45) is 1.67. The third-order valence-corrected chi connectivity index (χ3v) is 3.65. The number of pyridine rings is 1. The Kier molecular flexibility index (Phi) is 6.62. The van der Waals surface area contributed by atoms with Crippen molar-refractivity contribution in [3.8, 4) is 6.07 Å². The number of ether oxygens (including phenoxy) is 1. The highest BCUT2D eigenvalue weighted by atomic mass is 19.1. The molecule has 1 aromatic carbocycles. The highest BCUT2D eigenvalue weighted by Crippen LogP contribution is 2.23. The van der Waals surface area contributed by atoms with Gasteiger partial charge in [0.25, 0.3) is 11.9 Å². The summed E-state index contributed by atoms with van der Waals surface area (Å²) in [5.74, 6) is -0.859. The first-order valence-electron chi connectivity index (χ1n) is 7.83. The van der Waals surface area contributed by atoms with Gasteiger partial charge in [0.2, 0.25) is 0 Å². The molecule has 1 amide bonds. The monoisotopic (exact) mass is 355 g/mol. The number of hydrogen-bond donors (Lipinski definition) is 3. The Bertz CT molecular complexity index is 817. The maximum atomic E-state index is 13.3. The van der Waals surface area contributed by atoms with Crippen LogP contribution in [-0.2, 0) is 4.74 Å². The van der Waals surface area contributed by atoms with E-state index < -0.39 is 24.5 Å². The summed E-state index contributed by atoms with van der Waals surface area (Å²) in [5.41, 5.74) is 6.85. The van der Waals surface area contributed by atoms with Gasteiger partial charge in [0.05, 0.1) is 18.8 Å². The first kappa shape index (κ1) is 18.9. The summed E-state index contributed by atoms with van der Waals surface area (Å²) >= 11 is 0. The van der Waals surface area contributed by atoms with Crippen LogP contribution in [-0.4, -0.2) is 30.2 Å². The maximum Gasteiger partial charge on any atom is 0.278 e. The molecule has 0 spiro atoms. The predicted molar refractivity (Wildman–Crippen MR) is 94.5 cm³/mol. The fourth-order valence-corrected chi connectivity index (χ4v) is 2.30. The molecule has 0 unspecified atom stereocenters. The number of benzene rings is 1. The molecule has 0 aliphatic carbocycles. The molecule has 0 aliphatic heterocycles. The largest absolute Gasteiger partial charge is 0.466 e. The summed E-state index contributed by atoms with van der Waals surface area (Å²) < 4.78 is 18.2. The van der Waals surface area contributed by atoms with Crippen LogP contribution in [0.1, 0.15) is 34.0 Å². The van der Waals surface area contributed by atoms with Crippen molar-refractivity contribution in [3.05, 3.63) is 59.4 Å². The smallest absolute Gasteiger partial charge is 0.278 e. The lowest BCUT2D eigenvalue weighted by Crippen LogP contribution is -2.17. The van der Waals surface area contributed by atoms with Crippen molar-refractivity contribution in [3.63, 3.8) is 0 Å². The molecule has 0 bridgehead atoms. The minimum atomic E-state index is -0.601. The predicted octanol–water partition coefficient (Wildman–Crippen LogP) is 2.56. The van der Waals surface area contributed by atoms with E-state index in [0.717, 1.165) is 0 Å². The van der Waals surface area contributed by atoms with Crippen LogP contribution in [0.15, 0.2) is 42.6 Å². The summed E-state index contributed by atoms with van der Waals surface area (Å²) in [4.78, 5) is 16.2. The fourth-order valence-electron chi connectivity index (χ4n) is 2.30. The van der Waals surface area contributed by atoms with Gasteiger partial charge in [-0.25, -0.2) is 4.98 Å². The molecule has 1 aromatic heterocycles. The second-order valence-corrected chi connectivity index (χ2v) is 5.48. The molecule has 26 heavy (non-hydrogen) atoms. The molecule has 2 aromatic rings. The molecule has 8 heteroatoms. The first-order chi connectivity index (χ1) is 12.5. The minimum absolute atomic E-state index is 0.135. The van der Waals surface area contributed by atoms with E-state index in [1.165, 1.54) is 18.3 Å². The Hall–Kier alpha value is -3.47. The molecule has 1 atom stereocenters. The number of halogens is 1. The summed E-state index contributed by atoms with van der Waals surface area (Å²) in [6, 6.07) is 11.3. The summed E-state index contributed by atoms with van der Waals surface area (Å²) in [5, 5.41) is 18.5. The lowest BCUT2D eigenvalue weighted by Gasteiger charge is -2.15. The maximum absolute atomic E-state index is 13.3. The number of rotatable bonds is 7. The highest BCUT2D eigenvalue weighted by molar-refractivity contribution is 6.02. The zero-order chi connectivity index (χ0) is 18.9. The molecule has 1 heterocycles. The van der Waals surface area contributed by atoms with Gasteiger partial charge in [-0.05, 0) is 36.2 Å². The van der Waals surface area contributed by atoms with Crippen LogP contribution in [0.2, 0.25) is 0 Å². The van der Waals surface area contributed by atoms with Crippen LogP contribution in [0.25, 0.3) is 0 Å². The van der Waals surface area contributed by atoms with Crippen molar-refractivity contribution < 1.29 is 13.9 Å². The van der Waals surface area contributed by atoms with Gasteiger partial charge in [0.1, 0.15) is 11.8 Å². The van der Waals surface area contributed by atoms with Gasteiger partial charge in [-0.3, -0.25) is 14.6 Å². The van der Waals surface area contributed by atoms with Crippen molar-refractivity contribution in [2.24, 2.45) is 5.73 Å². The van der Waals surface area contributed by atoms with E-state index in [1.807, 2.05) is 6.07 Å². The molecule has 7 nitrogen and oxygen atoms in total. The Labute approximate surface area is 150 Å². The molecule has 2 rings (SSSR count). The zero-order valence-electron chi connectivity index (χ0n) is 13.9. The number of amides is 1. The van der Waals surface area contributed by atoms with Crippen molar-refractivity contribution in [2.75, 3.05) is 18.6 Å². The highest BCUT2D eigenvalue weighted by Gasteiger charge is 2.14. The molecule has 0 saturated carbocycles. The fraction of sp³-hybridized carbons (Fsp3) is 0.222. The lowest BCUT2D eigenvalue weighted by atomic mass is 9.97. The Morgan fingerprint density at radius 3 is 2.85 bits per heavy atom. The van der Waals surface area contributed by atoms with Gasteiger partial charge in [0.15, 0.2) is 0 Å². The molecule has 0 radical (unpaired) electrons. The third-order valence-electron chi connectivity index (χ3n) is 3.65. The van der Waals surface area contributed by atoms with E-state index in [-0.39, 0.29) is 12.3 Å². The van der Waals surface area contributed by atoms with E-state index in [1.54, 1.807) is 24.3 Å². The molecule has 0 fully saturated rings. The first-order valence-corrected chi connectivity index (χ1v) is 7.83. The molecular weight excluding hydrogens is 337 g/mol. The van der Waals surface area contributed by atoms with Crippen molar-refractivity contribution in [1.82, 2.24) is 4.98 Å². The van der Waals surface area contributed by atoms with Gasteiger partial charge < -0.3 is 15.8 Å². The van der Waals surface area contributed by atoms with Crippen molar-refractivity contribution >= 4 is 17.6 Å². The normalized spacial score (nSPS) is 11.2. The number of anilines is 1. The summed E-state index contributed by atoms with van der Waals surface area (Å²) in [6.45, 7) is -0.467. The standard InChI is InChI=1S/C18H18FN5O2/c19-9-14(6-7-26-18(21)22)13-2-1-3-15(8-13)24-17(25)16-5-4-12(10-20)11-23-16/h1-5,8,11,14H,6-7,9H2,(H3,21,22)(H,24,25)/t14-/m0/s1. The molecule has 134 valence electrons.